The van der Waals surface area contributed by atoms with Crippen molar-refractivity contribution in [2.75, 3.05) is 0 Å². The Labute approximate surface area is 102 Å². The van der Waals surface area contributed by atoms with Gasteiger partial charge in [0, 0.05) is 17.0 Å². The highest BCUT2D eigenvalue weighted by Gasteiger charge is 2.06. The predicted octanol–water partition coefficient (Wildman–Crippen LogP) is 3.04. The quantitative estimate of drug-likeness (QED) is 0.618. The number of fused-ring (bicyclic) bond motifs is 3. The fourth-order valence-corrected chi connectivity index (χ4v) is 2.16. The van der Waals surface area contributed by atoms with E-state index in [-0.39, 0.29) is 5.56 Å². The number of pyridine rings is 2. The van der Waals surface area contributed by atoms with Gasteiger partial charge in [-0.3, -0.25) is 4.79 Å². The van der Waals surface area contributed by atoms with Gasteiger partial charge in [0.05, 0.1) is 5.02 Å². The van der Waals surface area contributed by atoms with E-state index in [4.69, 9.17) is 11.6 Å². The second kappa shape index (κ2) is 3.57. The zero-order valence-corrected chi connectivity index (χ0v) is 9.88. The molecule has 0 aliphatic carbocycles. The van der Waals surface area contributed by atoms with E-state index in [1.807, 2.05) is 31.2 Å². The van der Waals surface area contributed by atoms with Crippen LogP contribution in [0.5, 0.6) is 0 Å². The third-order valence-electron chi connectivity index (χ3n) is 2.80. The summed E-state index contributed by atoms with van der Waals surface area (Å²) in [4.78, 5) is 18.8. The average molecular weight is 245 g/mol. The molecule has 0 spiro atoms. The van der Waals surface area contributed by atoms with E-state index in [9.17, 15) is 4.79 Å². The molecule has 0 radical (unpaired) electrons. The Morgan fingerprint density at radius 2 is 2.00 bits per heavy atom. The lowest BCUT2D eigenvalue weighted by Crippen LogP contribution is -2.07. The van der Waals surface area contributed by atoms with Gasteiger partial charge in [-0.25, -0.2) is 4.98 Å². The molecule has 3 rings (SSSR count). The fraction of sp³-hybridized carbons (Fsp3) is 0.0769. The van der Waals surface area contributed by atoms with Gasteiger partial charge in [-0.15, -0.1) is 0 Å². The van der Waals surface area contributed by atoms with Crippen LogP contribution >= 0.6 is 11.6 Å². The smallest absolute Gasteiger partial charge is 0.257 e. The van der Waals surface area contributed by atoms with Crippen molar-refractivity contribution in [1.29, 1.82) is 0 Å². The molecule has 0 amide bonds. The van der Waals surface area contributed by atoms with Gasteiger partial charge in [0.2, 0.25) is 0 Å². The molecule has 17 heavy (non-hydrogen) atoms. The van der Waals surface area contributed by atoms with Crippen LogP contribution in [-0.2, 0) is 0 Å². The minimum atomic E-state index is -0.119. The molecule has 0 saturated heterocycles. The van der Waals surface area contributed by atoms with Gasteiger partial charge in [0.25, 0.3) is 5.56 Å². The summed E-state index contributed by atoms with van der Waals surface area (Å²) >= 11 is 5.94. The van der Waals surface area contributed by atoms with Gasteiger partial charge in [-0.1, -0.05) is 29.3 Å². The van der Waals surface area contributed by atoms with Gasteiger partial charge in [-0.05, 0) is 24.4 Å². The van der Waals surface area contributed by atoms with Crippen molar-refractivity contribution < 1.29 is 0 Å². The highest BCUT2D eigenvalue weighted by atomic mass is 35.5. The van der Waals surface area contributed by atoms with Crippen LogP contribution in [0, 0.1) is 6.92 Å². The maximum absolute atomic E-state index is 11.9. The van der Waals surface area contributed by atoms with Gasteiger partial charge >= 0.3 is 0 Å². The van der Waals surface area contributed by atoms with Crippen molar-refractivity contribution in [3.63, 3.8) is 0 Å². The molecule has 0 atom stereocenters. The summed E-state index contributed by atoms with van der Waals surface area (Å²) < 4.78 is 0. The van der Waals surface area contributed by atoms with Crippen LogP contribution in [0.15, 0.2) is 35.3 Å². The van der Waals surface area contributed by atoms with Crippen molar-refractivity contribution in [3.05, 3.63) is 51.4 Å². The number of halogens is 1. The molecule has 2 aromatic heterocycles. The van der Waals surface area contributed by atoms with E-state index in [1.165, 1.54) is 6.20 Å². The molecule has 0 bridgehead atoms. The Bertz CT molecular complexity index is 792. The molecule has 0 aliphatic rings. The summed E-state index contributed by atoms with van der Waals surface area (Å²) in [5.41, 5.74) is 1.50. The molecule has 0 fully saturated rings. The molecule has 84 valence electrons. The summed E-state index contributed by atoms with van der Waals surface area (Å²) in [5.74, 6) is 0. The van der Waals surface area contributed by atoms with E-state index in [0.717, 1.165) is 16.3 Å². The van der Waals surface area contributed by atoms with Crippen molar-refractivity contribution in [2.45, 2.75) is 6.92 Å². The molecule has 3 aromatic rings. The maximum Gasteiger partial charge on any atom is 0.257 e. The third-order valence-corrected chi connectivity index (χ3v) is 3.00. The number of H-pyrrole nitrogens is 1. The molecule has 1 aromatic carbocycles. The molecule has 0 saturated carbocycles. The number of aryl methyl sites for hydroxylation is 1. The molecule has 1 N–H and O–H groups in total. The van der Waals surface area contributed by atoms with Crippen LogP contribution in [0.4, 0.5) is 0 Å². The Kier molecular flexibility index (Phi) is 2.16. The van der Waals surface area contributed by atoms with Gasteiger partial charge in [-0.2, -0.15) is 0 Å². The zero-order chi connectivity index (χ0) is 12.0. The molecular weight excluding hydrogens is 236 g/mol. The molecular formula is C13H9ClN2O. The number of hydrogen-bond acceptors (Lipinski definition) is 2. The third kappa shape index (κ3) is 1.59. The first kappa shape index (κ1) is 10.3. The first-order valence-electron chi connectivity index (χ1n) is 5.23. The summed E-state index contributed by atoms with van der Waals surface area (Å²) in [5, 5.41) is 2.98. The molecule has 2 heterocycles. The van der Waals surface area contributed by atoms with E-state index >= 15 is 0 Å². The molecule has 0 unspecified atom stereocenters. The van der Waals surface area contributed by atoms with Crippen molar-refractivity contribution in [2.24, 2.45) is 0 Å². The number of aromatic amines is 1. The Balaban J connectivity index is 2.62. The Morgan fingerprint density at radius 1 is 1.18 bits per heavy atom. The van der Waals surface area contributed by atoms with Crippen LogP contribution in [0.3, 0.4) is 0 Å². The normalized spacial score (nSPS) is 11.2. The molecule has 3 nitrogen and oxygen atoms in total. The summed E-state index contributed by atoms with van der Waals surface area (Å²) in [6.07, 6.45) is 1.53. The summed E-state index contributed by atoms with van der Waals surface area (Å²) in [6.45, 7) is 1.96. The number of aromatic nitrogens is 2. The predicted molar refractivity (Wildman–Crippen MR) is 69.6 cm³/mol. The number of hydrogen-bond donors (Lipinski definition) is 1. The SMILES string of the molecule is Cc1ccc2c(c1)c(=O)[nH]c1ncc(Cl)cc12. The Morgan fingerprint density at radius 3 is 2.82 bits per heavy atom. The molecule has 4 heteroatoms. The van der Waals surface area contributed by atoms with Gasteiger partial charge in [0.1, 0.15) is 5.65 Å². The molecule has 0 aliphatic heterocycles. The lowest BCUT2D eigenvalue weighted by Gasteiger charge is -2.04. The monoisotopic (exact) mass is 244 g/mol. The van der Waals surface area contributed by atoms with E-state index in [2.05, 4.69) is 9.97 Å². The zero-order valence-electron chi connectivity index (χ0n) is 9.12. The van der Waals surface area contributed by atoms with Crippen LogP contribution in [0.1, 0.15) is 5.56 Å². The first-order valence-corrected chi connectivity index (χ1v) is 5.61. The topological polar surface area (TPSA) is 45.8 Å². The summed E-state index contributed by atoms with van der Waals surface area (Å²) in [7, 11) is 0. The second-order valence-corrected chi connectivity index (χ2v) is 4.49. The highest BCUT2D eigenvalue weighted by molar-refractivity contribution is 6.31. The minimum Gasteiger partial charge on any atom is -0.306 e. The van der Waals surface area contributed by atoms with Crippen molar-refractivity contribution in [3.8, 4) is 0 Å². The fourth-order valence-electron chi connectivity index (χ4n) is 2.00. The van der Waals surface area contributed by atoms with E-state index in [0.29, 0.717) is 16.1 Å². The maximum atomic E-state index is 11.9. The van der Waals surface area contributed by atoms with Crippen LogP contribution < -0.4 is 5.56 Å². The standard InChI is InChI=1S/C13H9ClN2O/c1-7-2-3-9-10-5-8(14)6-15-12(10)16-13(17)11(9)4-7/h2-6H,1H3,(H,15,16,17). The lowest BCUT2D eigenvalue weighted by atomic mass is 10.1. The van der Waals surface area contributed by atoms with Crippen molar-refractivity contribution in [1.82, 2.24) is 9.97 Å². The minimum absolute atomic E-state index is 0.119. The van der Waals surface area contributed by atoms with E-state index < -0.39 is 0 Å². The Hall–Kier alpha value is -1.87. The number of benzene rings is 1. The van der Waals surface area contributed by atoms with Crippen LogP contribution in [-0.4, -0.2) is 9.97 Å². The van der Waals surface area contributed by atoms with Gasteiger partial charge < -0.3 is 4.98 Å². The lowest BCUT2D eigenvalue weighted by molar-refractivity contribution is 1.25. The van der Waals surface area contributed by atoms with Crippen LogP contribution in [0.2, 0.25) is 5.02 Å². The van der Waals surface area contributed by atoms with E-state index in [1.54, 1.807) is 0 Å². The number of nitrogens with one attached hydrogen (secondary N) is 1. The number of rotatable bonds is 0. The largest absolute Gasteiger partial charge is 0.306 e. The highest BCUT2D eigenvalue weighted by Crippen LogP contribution is 2.23. The summed E-state index contributed by atoms with van der Waals surface area (Å²) in [6, 6.07) is 7.59. The first-order chi connectivity index (χ1) is 8.15. The second-order valence-electron chi connectivity index (χ2n) is 4.05. The van der Waals surface area contributed by atoms with Crippen LogP contribution in [0.25, 0.3) is 21.8 Å². The van der Waals surface area contributed by atoms with Gasteiger partial charge in [0.15, 0.2) is 0 Å². The number of nitrogens with zero attached hydrogens (tertiary/aromatic N) is 1. The van der Waals surface area contributed by atoms with Crippen molar-refractivity contribution >= 4 is 33.4 Å². The average Bonchev–Trinajstić information content (AvgIpc) is 2.30.